The van der Waals surface area contributed by atoms with E-state index in [1.54, 1.807) is 0 Å². The van der Waals surface area contributed by atoms with Gasteiger partial charge >= 0.3 is 5.97 Å². The van der Waals surface area contributed by atoms with E-state index in [0.29, 0.717) is 12.6 Å². The van der Waals surface area contributed by atoms with E-state index in [0.717, 1.165) is 25.8 Å². The lowest BCUT2D eigenvalue weighted by Gasteiger charge is -2.29. The van der Waals surface area contributed by atoms with Gasteiger partial charge in [-0.3, -0.25) is 10.1 Å². The summed E-state index contributed by atoms with van der Waals surface area (Å²) in [7, 11) is 4.15. The Kier molecular flexibility index (Phi) is 6.09. The van der Waals surface area contributed by atoms with Crippen molar-refractivity contribution < 1.29 is 9.53 Å². The van der Waals surface area contributed by atoms with Crippen LogP contribution in [0.15, 0.2) is 0 Å². The molecule has 1 fully saturated rings. The van der Waals surface area contributed by atoms with Crippen LogP contribution in [-0.4, -0.2) is 49.7 Å². The number of carbonyl (C=O) groups excluding carboxylic acids is 1. The number of carbonyl (C=O) groups is 1. The first-order chi connectivity index (χ1) is 8.48. The lowest BCUT2D eigenvalue weighted by molar-refractivity contribution is -0.151. The Morgan fingerprint density at radius 3 is 2.56 bits per heavy atom. The summed E-state index contributed by atoms with van der Waals surface area (Å²) in [5.41, 5.74) is -0.497. The van der Waals surface area contributed by atoms with Crippen LogP contribution in [0.4, 0.5) is 0 Å². The minimum absolute atomic E-state index is 0.0956. The highest BCUT2D eigenvalue weighted by atomic mass is 16.5. The van der Waals surface area contributed by atoms with Crippen LogP contribution in [-0.2, 0) is 9.53 Å². The standard InChI is InChI=1S/C14H28N2O2/c1-5-18-13(17)14(2,15-12-8-9-12)10-6-7-11-16(3)4/h12,15H,5-11H2,1-4H3. The van der Waals surface area contributed by atoms with Crippen molar-refractivity contribution >= 4 is 5.97 Å². The summed E-state index contributed by atoms with van der Waals surface area (Å²) in [5.74, 6) is -0.0956. The maximum Gasteiger partial charge on any atom is 0.326 e. The molecule has 0 radical (unpaired) electrons. The Balaban J connectivity index is 2.40. The summed E-state index contributed by atoms with van der Waals surface area (Å²) >= 11 is 0. The molecule has 0 heterocycles. The molecule has 0 aromatic heterocycles. The summed E-state index contributed by atoms with van der Waals surface area (Å²) in [6.07, 6.45) is 5.40. The van der Waals surface area contributed by atoms with Crippen LogP contribution < -0.4 is 5.32 Å². The van der Waals surface area contributed by atoms with Crippen LogP contribution in [0.5, 0.6) is 0 Å². The van der Waals surface area contributed by atoms with Crippen molar-refractivity contribution in [3.8, 4) is 0 Å². The highest BCUT2D eigenvalue weighted by Gasteiger charge is 2.38. The fourth-order valence-corrected chi connectivity index (χ4v) is 2.11. The quantitative estimate of drug-likeness (QED) is 0.504. The van der Waals surface area contributed by atoms with Gasteiger partial charge in [0, 0.05) is 6.04 Å². The van der Waals surface area contributed by atoms with Crippen molar-refractivity contribution in [3.63, 3.8) is 0 Å². The van der Waals surface area contributed by atoms with Gasteiger partial charge in [-0.1, -0.05) is 0 Å². The topological polar surface area (TPSA) is 41.6 Å². The van der Waals surface area contributed by atoms with Gasteiger partial charge < -0.3 is 9.64 Å². The Bertz CT molecular complexity index is 265. The minimum atomic E-state index is -0.497. The number of esters is 1. The SMILES string of the molecule is CCOC(=O)C(C)(CCCCN(C)C)NC1CC1. The van der Waals surface area contributed by atoms with E-state index < -0.39 is 5.54 Å². The summed E-state index contributed by atoms with van der Waals surface area (Å²) in [6.45, 7) is 5.38. The Labute approximate surface area is 111 Å². The van der Waals surface area contributed by atoms with Crippen molar-refractivity contribution in [2.75, 3.05) is 27.2 Å². The number of nitrogens with one attached hydrogen (secondary N) is 1. The first-order valence-electron chi connectivity index (χ1n) is 7.07. The number of nitrogens with zero attached hydrogens (tertiary/aromatic N) is 1. The zero-order chi connectivity index (χ0) is 13.6. The molecule has 0 saturated heterocycles. The second-order valence-corrected chi connectivity index (χ2v) is 5.73. The van der Waals surface area contributed by atoms with E-state index in [4.69, 9.17) is 4.74 Å². The van der Waals surface area contributed by atoms with Crippen molar-refractivity contribution in [3.05, 3.63) is 0 Å². The summed E-state index contributed by atoms with van der Waals surface area (Å²) in [5, 5.41) is 3.45. The third-order valence-electron chi connectivity index (χ3n) is 3.36. The van der Waals surface area contributed by atoms with Crippen LogP contribution in [0, 0.1) is 0 Å². The molecule has 0 aromatic rings. The smallest absolute Gasteiger partial charge is 0.326 e. The van der Waals surface area contributed by atoms with Crippen molar-refractivity contribution in [2.45, 2.75) is 57.5 Å². The Hall–Kier alpha value is -0.610. The van der Waals surface area contributed by atoms with Gasteiger partial charge in [0.25, 0.3) is 0 Å². The normalized spacial score (nSPS) is 18.7. The van der Waals surface area contributed by atoms with Crippen molar-refractivity contribution in [1.82, 2.24) is 10.2 Å². The first-order valence-corrected chi connectivity index (χ1v) is 7.07. The molecule has 1 unspecified atom stereocenters. The Morgan fingerprint density at radius 1 is 1.39 bits per heavy atom. The van der Waals surface area contributed by atoms with Gasteiger partial charge in [-0.2, -0.15) is 0 Å². The zero-order valence-corrected chi connectivity index (χ0v) is 12.3. The summed E-state index contributed by atoms with van der Waals surface area (Å²) in [4.78, 5) is 14.2. The molecule has 1 saturated carbocycles. The van der Waals surface area contributed by atoms with Crippen LogP contribution >= 0.6 is 0 Å². The van der Waals surface area contributed by atoms with Crippen molar-refractivity contribution in [1.29, 1.82) is 0 Å². The number of unbranched alkanes of at least 4 members (excludes halogenated alkanes) is 1. The number of hydrogen-bond acceptors (Lipinski definition) is 4. The first kappa shape index (κ1) is 15.4. The Morgan fingerprint density at radius 2 is 2.06 bits per heavy atom. The molecule has 0 amide bonds. The molecular weight excluding hydrogens is 228 g/mol. The monoisotopic (exact) mass is 256 g/mol. The second-order valence-electron chi connectivity index (χ2n) is 5.73. The molecule has 1 aliphatic rings. The van der Waals surface area contributed by atoms with E-state index >= 15 is 0 Å². The average molecular weight is 256 g/mol. The molecule has 1 atom stereocenters. The predicted octanol–water partition coefficient (Wildman–Crippen LogP) is 1.79. The maximum atomic E-state index is 12.1. The van der Waals surface area contributed by atoms with Gasteiger partial charge in [-0.05, 0) is 66.6 Å². The molecule has 4 heteroatoms. The van der Waals surface area contributed by atoms with Crippen LogP contribution in [0.25, 0.3) is 0 Å². The van der Waals surface area contributed by atoms with E-state index in [-0.39, 0.29) is 5.97 Å². The fourth-order valence-electron chi connectivity index (χ4n) is 2.11. The number of ether oxygens (including phenoxy) is 1. The van der Waals surface area contributed by atoms with Gasteiger partial charge in [0.15, 0.2) is 0 Å². The lowest BCUT2D eigenvalue weighted by atomic mass is 9.94. The highest BCUT2D eigenvalue weighted by Crippen LogP contribution is 2.26. The largest absolute Gasteiger partial charge is 0.465 e. The molecule has 0 aromatic carbocycles. The third-order valence-corrected chi connectivity index (χ3v) is 3.36. The van der Waals surface area contributed by atoms with E-state index in [9.17, 15) is 4.79 Å². The molecule has 1 rings (SSSR count). The van der Waals surface area contributed by atoms with Crippen molar-refractivity contribution in [2.24, 2.45) is 0 Å². The maximum absolute atomic E-state index is 12.1. The summed E-state index contributed by atoms with van der Waals surface area (Å²) in [6, 6.07) is 0.522. The molecular formula is C14H28N2O2. The van der Waals surface area contributed by atoms with Crippen LogP contribution in [0.3, 0.4) is 0 Å². The van der Waals surface area contributed by atoms with E-state index in [2.05, 4.69) is 24.3 Å². The summed E-state index contributed by atoms with van der Waals surface area (Å²) < 4.78 is 5.20. The van der Waals surface area contributed by atoms with E-state index in [1.807, 2.05) is 13.8 Å². The average Bonchev–Trinajstić information content (AvgIpc) is 3.08. The second kappa shape index (κ2) is 7.10. The highest BCUT2D eigenvalue weighted by molar-refractivity contribution is 5.80. The van der Waals surface area contributed by atoms with Gasteiger partial charge in [0.05, 0.1) is 6.61 Å². The predicted molar refractivity (Wildman–Crippen MR) is 73.6 cm³/mol. The van der Waals surface area contributed by atoms with Crippen LogP contribution in [0.2, 0.25) is 0 Å². The third kappa shape index (κ3) is 5.36. The molecule has 0 spiro atoms. The van der Waals surface area contributed by atoms with Gasteiger partial charge in [0.1, 0.15) is 5.54 Å². The molecule has 18 heavy (non-hydrogen) atoms. The van der Waals surface area contributed by atoms with Gasteiger partial charge in [0.2, 0.25) is 0 Å². The van der Waals surface area contributed by atoms with Gasteiger partial charge in [-0.15, -0.1) is 0 Å². The van der Waals surface area contributed by atoms with Gasteiger partial charge in [-0.25, -0.2) is 0 Å². The molecule has 1 N–H and O–H groups in total. The minimum Gasteiger partial charge on any atom is -0.465 e. The molecule has 0 bridgehead atoms. The molecule has 1 aliphatic carbocycles. The number of hydrogen-bond donors (Lipinski definition) is 1. The van der Waals surface area contributed by atoms with Crippen LogP contribution in [0.1, 0.15) is 46.0 Å². The van der Waals surface area contributed by atoms with E-state index in [1.165, 1.54) is 12.8 Å². The molecule has 106 valence electrons. The number of rotatable bonds is 9. The fraction of sp³-hybridized carbons (Fsp3) is 0.929. The molecule has 4 nitrogen and oxygen atoms in total. The lowest BCUT2D eigenvalue weighted by Crippen LogP contribution is -2.51. The zero-order valence-electron chi connectivity index (χ0n) is 12.3. The molecule has 0 aliphatic heterocycles.